The number of benzene rings is 1. The number of carbonyl (C=O) groups is 1. The van der Waals surface area contributed by atoms with Crippen molar-refractivity contribution in [3.63, 3.8) is 0 Å². The summed E-state index contributed by atoms with van der Waals surface area (Å²) in [6, 6.07) is 7.99. The Morgan fingerprint density at radius 3 is 2.35 bits per heavy atom. The van der Waals surface area contributed by atoms with Crippen LogP contribution in [-0.4, -0.2) is 15.6 Å². The van der Waals surface area contributed by atoms with E-state index in [1.807, 2.05) is 13.8 Å². The number of nitrogens with zero attached hydrogens (tertiary/aromatic N) is 1. The number of aromatic carboxylic acids is 1. The number of hydrogen-bond acceptors (Lipinski definition) is 1. The van der Waals surface area contributed by atoms with Gasteiger partial charge in [-0.25, -0.2) is 4.79 Å². The zero-order valence-corrected chi connectivity index (χ0v) is 12.7. The highest BCUT2D eigenvalue weighted by Crippen LogP contribution is 2.30. The highest BCUT2D eigenvalue weighted by atomic mass is 16.4. The Hall–Kier alpha value is -2.03. The first-order valence-corrected chi connectivity index (χ1v) is 6.86. The van der Waals surface area contributed by atoms with Gasteiger partial charge in [-0.05, 0) is 43.9 Å². The molecule has 0 unspecified atom stereocenters. The molecule has 0 saturated heterocycles. The number of aryl methyl sites for hydroxylation is 2. The van der Waals surface area contributed by atoms with Gasteiger partial charge in [-0.15, -0.1) is 0 Å². The molecule has 0 aliphatic heterocycles. The fourth-order valence-corrected chi connectivity index (χ4v) is 2.78. The molecule has 1 N–H and O–H groups in total. The van der Waals surface area contributed by atoms with Crippen LogP contribution in [0.1, 0.15) is 52.6 Å². The number of para-hydroxylation sites is 1. The molecule has 20 heavy (non-hydrogen) atoms. The molecule has 1 aromatic carbocycles. The summed E-state index contributed by atoms with van der Waals surface area (Å²) in [4.78, 5) is 11.3. The molecule has 0 spiro atoms. The van der Waals surface area contributed by atoms with E-state index in [9.17, 15) is 9.90 Å². The molecule has 106 valence electrons. The summed E-state index contributed by atoms with van der Waals surface area (Å²) >= 11 is 0. The topological polar surface area (TPSA) is 42.2 Å². The van der Waals surface area contributed by atoms with Crippen molar-refractivity contribution in [3.8, 4) is 5.69 Å². The third-order valence-electron chi connectivity index (χ3n) is 3.78. The van der Waals surface area contributed by atoms with Crippen molar-refractivity contribution in [1.82, 2.24) is 4.57 Å². The Kier molecular flexibility index (Phi) is 3.71. The second-order valence-electron chi connectivity index (χ2n) is 5.59. The standard InChI is InChI=1S/C17H21NO2/c1-10(2)14-8-6-7-11(3)16(14)18-12(4)9-15(13(18)5)17(19)20/h6-10H,1-5H3,(H,19,20). The number of hydrogen-bond donors (Lipinski definition) is 1. The van der Waals surface area contributed by atoms with Crippen LogP contribution in [0.2, 0.25) is 0 Å². The average Bonchev–Trinajstić information content (AvgIpc) is 2.65. The average molecular weight is 271 g/mol. The lowest BCUT2D eigenvalue weighted by Gasteiger charge is -2.19. The first-order valence-electron chi connectivity index (χ1n) is 6.86. The zero-order valence-electron chi connectivity index (χ0n) is 12.7. The van der Waals surface area contributed by atoms with Crippen molar-refractivity contribution in [3.05, 3.63) is 52.3 Å². The first-order chi connectivity index (χ1) is 9.34. The van der Waals surface area contributed by atoms with E-state index < -0.39 is 5.97 Å². The molecule has 2 rings (SSSR count). The largest absolute Gasteiger partial charge is 0.478 e. The van der Waals surface area contributed by atoms with Gasteiger partial charge in [0.25, 0.3) is 0 Å². The lowest BCUT2D eigenvalue weighted by molar-refractivity contribution is 0.0696. The van der Waals surface area contributed by atoms with E-state index >= 15 is 0 Å². The van der Waals surface area contributed by atoms with Crippen LogP contribution in [0.15, 0.2) is 24.3 Å². The van der Waals surface area contributed by atoms with Crippen molar-refractivity contribution in [2.45, 2.75) is 40.5 Å². The number of aromatic nitrogens is 1. The minimum absolute atomic E-state index is 0.375. The Bertz CT molecular complexity index is 666. The van der Waals surface area contributed by atoms with Crippen LogP contribution in [0.4, 0.5) is 0 Å². The van der Waals surface area contributed by atoms with Crippen molar-refractivity contribution >= 4 is 5.97 Å². The summed E-state index contributed by atoms with van der Waals surface area (Å²) in [5.41, 5.74) is 5.63. The Morgan fingerprint density at radius 2 is 1.85 bits per heavy atom. The third kappa shape index (κ3) is 2.24. The fourth-order valence-electron chi connectivity index (χ4n) is 2.78. The number of rotatable bonds is 3. The summed E-state index contributed by atoms with van der Waals surface area (Å²) in [6.07, 6.45) is 0. The van der Waals surface area contributed by atoms with E-state index in [0.29, 0.717) is 11.5 Å². The van der Waals surface area contributed by atoms with Crippen LogP contribution in [-0.2, 0) is 0 Å². The normalized spacial score (nSPS) is 11.1. The summed E-state index contributed by atoms with van der Waals surface area (Å²) in [5, 5.41) is 9.28. The van der Waals surface area contributed by atoms with Gasteiger partial charge in [-0.1, -0.05) is 32.0 Å². The maximum absolute atomic E-state index is 11.3. The van der Waals surface area contributed by atoms with Gasteiger partial charge in [0, 0.05) is 11.4 Å². The maximum Gasteiger partial charge on any atom is 0.337 e. The molecule has 0 amide bonds. The van der Waals surface area contributed by atoms with Crippen LogP contribution in [0.25, 0.3) is 5.69 Å². The summed E-state index contributed by atoms with van der Waals surface area (Å²) < 4.78 is 2.06. The molecule has 1 aromatic heterocycles. The Morgan fingerprint density at radius 1 is 1.20 bits per heavy atom. The number of carboxylic acids is 1. The van der Waals surface area contributed by atoms with Gasteiger partial charge in [0.05, 0.1) is 11.3 Å². The van der Waals surface area contributed by atoms with E-state index in [1.54, 1.807) is 6.07 Å². The minimum Gasteiger partial charge on any atom is -0.478 e. The van der Waals surface area contributed by atoms with Gasteiger partial charge in [0.1, 0.15) is 0 Å². The van der Waals surface area contributed by atoms with E-state index in [4.69, 9.17) is 0 Å². The summed E-state index contributed by atoms with van der Waals surface area (Å²) in [6.45, 7) is 10.2. The second kappa shape index (κ2) is 5.16. The van der Waals surface area contributed by atoms with E-state index in [0.717, 1.165) is 22.6 Å². The molecular formula is C17H21NO2. The first kappa shape index (κ1) is 14.4. The van der Waals surface area contributed by atoms with Gasteiger partial charge < -0.3 is 9.67 Å². The lowest BCUT2D eigenvalue weighted by Crippen LogP contribution is -2.08. The van der Waals surface area contributed by atoms with Gasteiger partial charge in [0.2, 0.25) is 0 Å². The van der Waals surface area contributed by atoms with Crippen molar-refractivity contribution in [1.29, 1.82) is 0 Å². The van der Waals surface area contributed by atoms with Crippen molar-refractivity contribution in [2.24, 2.45) is 0 Å². The molecule has 0 saturated carbocycles. The van der Waals surface area contributed by atoms with Gasteiger partial charge in [0.15, 0.2) is 0 Å². The monoisotopic (exact) mass is 271 g/mol. The Labute approximate surface area is 119 Å². The van der Waals surface area contributed by atoms with E-state index in [1.165, 1.54) is 5.56 Å². The van der Waals surface area contributed by atoms with Crippen LogP contribution in [0.5, 0.6) is 0 Å². The smallest absolute Gasteiger partial charge is 0.337 e. The molecule has 0 fully saturated rings. The molecule has 0 radical (unpaired) electrons. The van der Waals surface area contributed by atoms with Gasteiger partial charge in [-0.2, -0.15) is 0 Å². The lowest BCUT2D eigenvalue weighted by atomic mass is 9.98. The minimum atomic E-state index is -0.871. The van der Waals surface area contributed by atoms with Crippen LogP contribution in [0.3, 0.4) is 0 Å². The SMILES string of the molecule is Cc1cccc(C(C)C)c1-n1c(C)cc(C(=O)O)c1C. The van der Waals surface area contributed by atoms with Gasteiger partial charge >= 0.3 is 5.97 Å². The third-order valence-corrected chi connectivity index (χ3v) is 3.78. The molecular weight excluding hydrogens is 250 g/mol. The molecule has 3 heteroatoms. The molecule has 0 aliphatic rings. The zero-order chi connectivity index (χ0) is 15.0. The molecule has 0 bridgehead atoms. The van der Waals surface area contributed by atoms with Gasteiger partial charge in [-0.3, -0.25) is 0 Å². The predicted octanol–water partition coefficient (Wildman–Crippen LogP) is 4.22. The second-order valence-corrected chi connectivity index (χ2v) is 5.59. The molecule has 1 heterocycles. The predicted molar refractivity (Wildman–Crippen MR) is 81.0 cm³/mol. The quantitative estimate of drug-likeness (QED) is 0.908. The van der Waals surface area contributed by atoms with Crippen LogP contribution in [0, 0.1) is 20.8 Å². The van der Waals surface area contributed by atoms with Crippen LogP contribution < -0.4 is 0 Å². The number of carboxylic acid groups (broad SMARTS) is 1. The summed E-state index contributed by atoms with van der Waals surface area (Å²) in [7, 11) is 0. The summed E-state index contributed by atoms with van der Waals surface area (Å²) in [5.74, 6) is -0.483. The molecule has 0 aliphatic carbocycles. The highest BCUT2D eigenvalue weighted by Gasteiger charge is 2.19. The van der Waals surface area contributed by atoms with Crippen molar-refractivity contribution in [2.75, 3.05) is 0 Å². The van der Waals surface area contributed by atoms with E-state index in [-0.39, 0.29) is 0 Å². The molecule has 3 nitrogen and oxygen atoms in total. The van der Waals surface area contributed by atoms with Crippen LogP contribution >= 0.6 is 0 Å². The maximum atomic E-state index is 11.3. The molecule has 2 aromatic rings. The Balaban J connectivity index is 2.79. The molecule has 0 atom stereocenters. The van der Waals surface area contributed by atoms with E-state index in [2.05, 4.69) is 43.5 Å². The highest BCUT2D eigenvalue weighted by molar-refractivity contribution is 5.89. The fraction of sp³-hybridized carbons (Fsp3) is 0.353. The van der Waals surface area contributed by atoms with Crippen molar-refractivity contribution < 1.29 is 9.90 Å².